The lowest BCUT2D eigenvalue weighted by Gasteiger charge is -2.13. The highest BCUT2D eigenvalue weighted by Gasteiger charge is 2.15. The Hall–Kier alpha value is -5.72. The molecule has 4 aromatic carbocycles. The van der Waals surface area contributed by atoms with Crippen LogP contribution in [0.3, 0.4) is 0 Å². The van der Waals surface area contributed by atoms with Crippen molar-refractivity contribution < 1.29 is 38.1 Å². The van der Waals surface area contributed by atoms with Crippen molar-refractivity contribution in [3.8, 4) is 23.0 Å². The van der Waals surface area contributed by atoms with E-state index in [0.717, 1.165) is 49.7 Å². The van der Waals surface area contributed by atoms with Crippen molar-refractivity contribution in [1.29, 1.82) is 0 Å². The monoisotopic (exact) mass is 738 g/mol. The summed E-state index contributed by atoms with van der Waals surface area (Å²) in [6.45, 7) is 5.26. The van der Waals surface area contributed by atoms with E-state index in [4.69, 9.17) is 18.9 Å². The Labute approximate surface area is 316 Å². The summed E-state index contributed by atoms with van der Waals surface area (Å²) in [4.78, 5) is 49.6. The van der Waals surface area contributed by atoms with Gasteiger partial charge in [0, 0.05) is 25.9 Å². The fraction of sp³-hybridized carbons (Fsp3) is 0.333. The van der Waals surface area contributed by atoms with Gasteiger partial charge in [0.15, 0.2) is 23.0 Å². The minimum Gasteiger partial charge on any atom is -0.490 e. The molecule has 54 heavy (non-hydrogen) atoms. The van der Waals surface area contributed by atoms with E-state index in [-0.39, 0.29) is 11.8 Å². The number of nitrogens with one attached hydrogen (secondary N) is 4. The van der Waals surface area contributed by atoms with E-state index in [9.17, 15) is 19.2 Å². The number of hydrogen-bond donors (Lipinski definition) is 4. The number of unbranched alkanes of at least 4 members (excludes halogenated alkanes) is 5. The second-order valence-corrected chi connectivity index (χ2v) is 12.4. The largest absolute Gasteiger partial charge is 0.490 e. The van der Waals surface area contributed by atoms with Gasteiger partial charge >= 0.3 is 11.9 Å². The lowest BCUT2D eigenvalue weighted by atomic mass is 10.1. The SMILES string of the molecule is CCOc1cc(CNNC(=O)CCCCCCCCC(=O)NNCc2ccc(OC(=O)c3ccccc3)c(OCC)c2)ccc1OC(=O)c1ccccc1. The predicted octanol–water partition coefficient (Wildman–Crippen LogP) is 6.99. The number of esters is 2. The van der Waals surface area contributed by atoms with Crippen LogP contribution >= 0.6 is 0 Å². The third-order valence-electron chi connectivity index (χ3n) is 8.14. The molecule has 4 N–H and O–H groups in total. The highest BCUT2D eigenvalue weighted by molar-refractivity contribution is 5.92. The molecule has 0 aliphatic rings. The van der Waals surface area contributed by atoms with Crippen LogP contribution in [-0.2, 0) is 22.7 Å². The molecule has 0 saturated carbocycles. The lowest BCUT2D eigenvalue weighted by molar-refractivity contribution is -0.123. The molecule has 2 amide bonds. The highest BCUT2D eigenvalue weighted by Crippen LogP contribution is 2.30. The topological polar surface area (TPSA) is 153 Å². The molecule has 0 aliphatic carbocycles. The molecule has 12 nitrogen and oxygen atoms in total. The summed E-state index contributed by atoms with van der Waals surface area (Å²) in [6.07, 6.45) is 6.19. The van der Waals surface area contributed by atoms with E-state index in [1.807, 2.05) is 38.1 Å². The molecule has 286 valence electrons. The first-order chi connectivity index (χ1) is 26.4. The zero-order chi connectivity index (χ0) is 38.4. The van der Waals surface area contributed by atoms with Crippen molar-refractivity contribution in [1.82, 2.24) is 21.7 Å². The Balaban J connectivity index is 1.03. The van der Waals surface area contributed by atoms with Gasteiger partial charge in [-0.3, -0.25) is 20.4 Å². The van der Waals surface area contributed by atoms with Gasteiger partial charge in [0.25, 0.3) is 0 Å². The molecule has 0 bridgehead atoms. The number of amides is 2. The summed E-state index contributed by atoms with van der Waals surface area (Å²) in [5.41, 5.74) is 14.0. The normalized spacial score (nSPS) is 10.6. The van der Waals surface area contributed by atoms with Crippen molar-refractivity contribution in [2.45, 2.75) is 78.3 Å². The predicted molar refractivity (Wildman–Crippen MR) is 205 cm³/mol. The maximum Gasteiger partial charge on any atom is 0.343 e. The number of hydrogen-bond acceptors (Lipinski definition) is 10. The van der Waals surface area contributed by atoms with E-state index < -0.39 is 11.9 Å². The maximum atomic E-state index is 12.5. The summed E-state index contributed by atoms with van der Waals surface area (Å²) in [5.74, 6) is 0.451. The van der Waals surface area contributed by atoms with E-state index in [1.165, 1.54) is 0 Å². The van der Waals surface area contributed by atoms with Crippen molar-refractivity contribution in [3.05, 3.63) is 119 Å². The van der Waals surface area contributed by atoms with Gasteiger partial charge in [0.1, 0.15) is 0 Å². The number of ether oxygens (including phenoxy) is 4. The van der Waals surface area contributed by atoms with Crippen LogP contribution in [0.1, 0.15) is 97.1 Å². The molecule has 0 fully saturated rings. The van der Waals surface area contributed by atoms with Gasteiger partial charge in [-0.2, -0.15) is 0 Å². The van der Waals surface area contributed by atoms with Crippen molar-refractivity contribution in [2.24, 2.45) is 0 Å². The molecule has 0 radical (unpaired) electrons. The molecular formula is C42H50N4O8. The fourth-order valence-corrected chi connectivity index (χ4v) is 5.39. The standard InChI is InChI=1S/C42H50N4O8/c1-3-51-37-27-31(23-25-35(37)53-41(49)33-17-11-9-12-18-33)29-43-45-39(47)21-15-7-5-6-8-16-22-40(48)46-44-30-32-24-26-36(38(28-32)52-4-2)54-42(50)34-19-13-10-14-20-34/h9-14,17-20,23-28,43-44H,3-8,15-16,21-22,29-30H2,1-2H3,(H,45,47)(H,46,48). The fourth-order valence-electron chi connectivity index (χ4n) is 5.39. The quantitative estimate of drug-likeness (QED) is 0.0271. The van der Waals surface area contributed by atoms with Gasteiger partial charge in [-0.1, -0.05) is 74.2 Å². The highest BCUT2D eigenvalue weighted by atomic mass is 16.6. The molecule has 4 rings (SSSR count). The molecule has 4 aromatic rings. The van der Waals surface area contributed by atoms with Crippen LogP contribution in [0.25, 0.3) is 0 Å². The number of rotatable bonds is 23. The van der Waals surface area contributed by atoms with E-state index >= 15 is 0 Å². The minimum atomic E-state index is -0.466. The van der Waals surface area contributed by atoms with Crippen molar-refractivity contribution >= 4 is 23.8 Å². The molecule has 0 atom stereocenters. The van der Waals surface area contributed by atoms with E-state index in [0.29, 0.717) is 73.3 Å². The number of carbonyl (C=O) groups excluding carboxylic acids is 4. The van der Waals surface area contributed by atoms with Gasteiger partial charge in [-0.05, 0) is 86.3 Å². The second kappa shape index (κ2) is 23.1. The van der Waals surface area contributed by atoms with Gasteiger partial charge in [0.05, 0.1) is 24.3 Å². The van der Waals surface area contributed by atoms with Crippen LogP contribution in [0.5, 0.6) is 23.0 Å². The molecule has 0 unspecified atom stereocenters. The number of carbonyl (C=O) groups is 4. The number of benzene rings is 4. The van der Waals surface area contributed by atoms with E-state index in [1.54, 1.807) is 72.8 Å². The summed E-state index contributed by atoms with van der Waals surface area (Å²) in [6, 6.07) is 28.1. The minimum absolute atomic E-state index is 0.0887. The van der Waals surface area contributed by atoms with Crippen LogP contribution in [-0.4, -0.2) is 37.0 Å². The Bertz CT molecular complexity index is 1660. The maximum absolute atomic E-state index is 12.5. The average molecular weight is 739 g/mol. The van der Waals surface area contributed by atoms with E-state index in [2.05, 4.69) is 21.7 Å². The first-order valence-electron chi connectivity index (χ1n) is 18.5. The Morgan fingerprint density at radius 3 is 1.26 bits per heavy atom. The summed E-state index contributed by atoms with van der Waals surface area (Å²) in [5, 5.41) is 0. The lowest BCUT2D eigenvalue weighted by Crippen LogP contribution is -2.36. The van der Waals surface area contributed by atoms with Crippen LogP contribution in [0.2, 0.25) is 0 Å². The van der Waals surface area contributed by atoms with Crippen LogP contribution < -0.4 is 40.7 Å². The zero-order valence-corrected chi connectivity index (χ0v) is 31.0. The Morgan fingerprint density at radius 1 is 0.481 bits per heavy atom. The molecule has 0 aromatic heterocycles. The second-order valence-electron chi connectivity index (χ2n) is 12.4. The molecule has 0 saturated heterocycles. The smallest absolute Gasteiger partial charge is 0.343 e. The average Bonchev–Trinajstić information content (AvgIpc) is 3.18. The Morgan fingerprint density at radius 2 is 0.870 bits per heavy atom. The van der Waals surface area contributed by atoms with Gasteiger partial charge in [0.2, 0.25) is 11.8 Å². The first kappa shape index (κ1) is 41.0. The van der Waals surface area contributed by atoms with Crippen LogP contribution in [0.15, 0.2) is 97.1 Å². The summed E-state index contributed by atoms with van der Waals surface area (Å²) >= 11 is 0. The summed E-state index contributed by atoms with van der Waals surface area (Å²) in [7, 11) is 0. The number of hydrazine groups is 2. The molecule has 0 aliphatic heterocycles. The van der Waals surface area contributed by atoms with Crippen molar-refractivity contribution in [3.63, 3.8) is 0 Å². The van der Waals surface area contributed by atoms with Crippen LogP contribution in [0, 0.1) is 0 Å². The molecule has 12 heteroatoms. The van der Waals surface area contributed by atoms with Gasteiger partial charge in [-0.25, -0.2) is 20.4 Å². The van der Waals surface area contributed by atoms with Crippen molar-refractivity contribution in [2.75, 3.05) is 13.2 Å². The molecular weight excluding hydrogens is 688 g/mol. The van der Waals surface area contributed by atoms with Gasteiger partial charge < -0.3 is 18.9 Å². The molecule has 0 spiro atoms. The molecule has 0 heterocycles. The van der Waals surface area contributed by atoms with Gasteiger partial charge in [-0.15, -0.1) is 0 Å². The first-order valence-corrected chi connectivity index (χ1v) is 18.5. The zero-order valence-electron chi connectivity index (χ0n) is 31.0. The summed E-state index contributed by atoms with van der Waals surface area (Å²) < 4.78 is 22.5. The van der Waals surface area contributed by atoms with Crippen LogP contribution in [0.4, 0.5) is 0 Å². The third kappa shape index (κ3) is 14.4. The third-order valence-corrected chi connectivity index (χ3v) is 8.14. The Kier molecular flexibility index (Phi) is 17.5.